The van der Waals surface area contributed by atoms with E-state index in [1.54, 1.807) is 0 Å². The summed E-state index contributed by atoms with van der Waals surface area (Å²) in [7, 11) is 0. The van der Waals surface area contributed by atoms with Gasteiger partial charge in [0, 0.05) is 6.04 Å². The molecule has 1 aromatic heterocycles. The van der Waals surface area contributed by atoms with Gasteiger partial charge in [-0.25, -0.2) is 0 Å². The fourth-order valence-corrected chi connectivity index (χ4v) is 2.77. The summed E-state index contributed by atoms with van der Waals surface area (Å²) in [6, 6.07) is 11.1. The molecule has 106 valence electrons. The lowest BCUT2D eigenvalue weighted by Crippen LogP contribution is -2.34. The van der Waals surface area contributed by atoms with Crippen LogP contribution in [0, 0.1) is 12.8 Å². The second-order valence-electron chi connectivity index (χ2n) is 5.65. The largest absolute Gasteiger partial charge is 0.338 e. The first-order chi connectivity index (χ1) is 9.74. The highest BCUT2D eigenvalue weighted by atomic mass is 16.5. The number of rotatable bonds is 5. The molecule has 2 aromatic rings. The van der Waals surface area contributed by atoms with E-state index in [4.69, 9.17) is 4.52 Å². The number of aryl methyl sites for hydroxylation is 1. The van der Waals surface area contributed by atoms with Crippen LogP contribution in [0.2, 0.25) is 0 Å². The molecule has 20 heavy (non-hydrogen) atoms. The Hall–Kier alpha value is -1.68. The standard InChI is InChI=1S/C16H21N3O/c1-11(16-18-12(2)19-20-16)17-15(14-9-6-10-14)13-7-4-3-5-8-13/h3-5,7-8,11,14-15,17H,6,9-10H2,1-2H3/t11-,15+/m1/s1. The second kappa shape index (κ2) is 5.75. The fraction of sp³-hybridized carbons (Fsp3) is 0.500. The van der Waals surface area contributed by atoms with Gasteiger partial charge in [-0.05, 0) is 38.2 Å². The van der Waals surface area contributed by atoms with Crippen LogP contribution < -0.4 is 5.32 Å². The molecule has 1 saturated carbocycles. The third-order valence-corrected chi connectivity index (χ3v) is 4.12. The fourth-order valence-electron chi connectivity index (χ4n) is 2.77. The van der Waals surface area contributed by atoms with Crippen molar-refractivity contribution in [1.29, 1.82) is 0 Å². The molecule has 1 aliphatic carbocycles. The van der Waals surface area contributed by atoms with Gasteiger partial charge in [-0.1, -0.05) is 41.9 Å². The topological polar surface area (TPSA) is 51.0 Å². The first-order valence-electron chi connectivity index (χ1n) is 7.35. The van der Waals surface area contributed by atoms with E-state index in [9.17, 15) is 0 Å². The number of nitrogens with one attached hydrogen (secondary N) is 1. The Morgan fingerprint density at radius 2 is 2.00 bits per heavy atom. The smallest absolute Gasteiger partial charge is 0.243 e. The van der Waals surface area contributed by atoms with Gasteiger partial charge in [0.05, 0.1) is 6.04 Å². The predicted octanol–water partition coefficient (Wildman–Crippen LogP) is 3.57. The Labute approximate surface area is 119 Å². The monoisotopic (exact) mass is 271 g/mol. The van der Waals surface area contributed by atoms with Crippen molar-refractivity contribution in [3.8, 4) is 0 Å². The van der Waals surface area contributed by atoms with Gasteiger partial charge in [-0.15, -0.1) is 0 Å². The molecule has 4 heteroatoms. The summed E-state index contributed by atoms with van der Waals surface area (Å²) in [5, 5.41) is 7.54. The molecule has 0 aliphatic heterocycles. The number of hydrogen-bond acceptors (Lipinski definition) is 4. The summed E-state index contributed by atoms with van der Waals surface area (Å²) < 4.78 is 5.27. The van der Waals surface area contributed by atoms with Crippen LogP contribution in [0.1, 0.15) is 55.5 Å². The molecular weight excluding hydrogens is 250 g/mol. The van der Waals surface area contributed by atoms with Crippen molar-refractivity contribution >= 4 is 0 Å². The van der Waals surface area contributed by atoms with E-state index in [-0.39, 0.29) is 6.04 Å². The lowest BCUT2D eigenvalue weighted by Gasteiger charge is -2.36. The van der Waals surface area contributed by atoms with Crippen molar-refractivity contribution in [2.24, 2.45) is 5.92 Å². The summed E-state index contributed by atoms with van der Waals surface area (Å²) in [6.07, 6.45) is 3.92. The Balaban J connectivity index is 1.76. The Morgan fingerprint density at radius 1 is 1.25 bits per heavy atom. The SMILES string of the molecule is Cc1noc([C@@H](C)N[C@@H](c2ccccc2)C2CCC2)n1. The average molecular weight is 271 g/mol. The molecule has 0 unspecified atom stereocenters. The molecular formula is C16H21N3O. The van der Waals surface area contributed by atoms with Gasteiger partial charge in [-0.3, -0.25) is 5.32 Å². The number of nitrogens with zero attached hydrogens (tertiary/aromatic N) is 2. The quantitative estimate of drug-likeness (QED) is 0.903. The van der Waals surface area contributed by atoms with Gasteiger partial charge in [0.1, 0.15) is 0 Å². The van der Waals surface area contributed by atoms with E-state index >= 15 is 0 Å². The molecule has 1 aromatic carbocycles. The van der Waals surface area contributed by atoms with Crippen LogP contribution in [0.3, 0.4) is 0 Å². The zero-order chi connectivity index (χ0) is 13.9. The lowest BCUT2D eigenvalue weighted by atomic mass is 9.77. The maximum atomic E-state index is 5.27. The molecule has 2 atom stereocenters. The average Bonchev–Trinajstić information content (AvgIpc) is 2.84. The molecule has 1 N–H and O–H groups in total. The molecule has 1 fully saturated rings. The van der Waals surface area contributed by atoms with E-state index in [0.717, 1.165) is 0 Å². The van der Waals surface area contributed by atoms with Gasteiger partial charge in [0.25, 0.3) is 0 Å². The van der Waals surface area contributed by atoms with E-state index < -0.39 is 0 Å². The molecule has 0 saturated heterocycles. The number of aromatic nitrogens is 2. The normalized spacial score (nSPS) is 18.5. The highest BCUT2D eigenvalue weighted by Crippen LogP contribution is 2.38. The van der Waals surface area contributed by atoms with E-state index in [1.165, 1.54) is 24.8 Å². The van der Waals surface area contributed by atoms with Crippen LogP contribution in [0.25, 0.3) is 0 Å². The molecule has 3 rings (SSSR count). The molecule has 1 aliphatic rings. The first-order valence-corrected chi connectivity index (χ1v) is 7.35. The minimum absolute atomic E-state index is 0.0713. The zero-order valence-corrected chi connectivity index (χ0v) is 12.0. The van der Waals surface area contributed by atoms with E-state index in [2.05, 4.69) is 52.7 Å². The van der Waals surface area contributed by atoms with Crippen LogP contribution in [0.15, 0.2) is 34.9 Å². The van der Waals surface area contributed by atoms with E-state index in [0.29, 0.717) is 23.7 Å². The third-order valence-electron chi connectivity index (χ3n) is 4.12. The summed E-state index contributed by atoms with van der Waals surface area (Å²) in [6.45, 7) is 3.93. The molecule has 0 amide bonds. The van der Waals surface area contributed by atoms with Gasteiger partial charge < -0.3 is 4.52 Å². The van der Waals surface area contributed by atoms with Crippen molar-refractivity contribution < 1.29 is 4.52 Å². The lowest BCUT2D eigenvalue weighted by molar-refractivity contribution is 0.207. The highest BCUT2D eigenvalue weighted by Gasteiger charge is 2.30. The summed E-state index contributed by atoms with van der Waals surface area (Å²) in [4.78, 5) is 4.32. The molecule has 0 bridgehead atoms. The Morgan fingerprint density at radius 3 is 2.55 bits per heavy atom. The summed E-state index contributed by atoms with van der Waals surface area (Å²) in [5.41, 5.74) is 1.35. The number of benzene rings is 1. The number of hydrogen-bond donors (Lipinski definition) is 1. The Bertz CT molecular complexity index is 548. The van der Waals surface area contributed by atoms with Crippen LogP contribution in [0.5, 0.6) is 0 Å². The molecule has 0 spiro atoms. The second-order valence-corrected chi connectivity index (χ2v) is 5.65. The van der Waals surface area contributed by atoms with Gasteiger partial charge in [0.15, 0.2) is 5.82 Å². The van der Waals surface area contributed by atoms with Crippen molar-refractivity contribution in [3.63, 3.8) is 0 Å². The van der Waals surface area contributed by atoms with Crippen LogP contribution >= 0.6 is 0 Å². The zero-order valence-electron chi connectivity index (χ0n) is 12.0. The molecule has 0 radical (unpaired) electrons. The summed E-state index contributed by atoms with van der Waals surface area (Å²) >= 11 is 0. The first kappa shape index (κ1) is 13.3. The highest BCUT2D eigenvalue weighted by molar-refractivity contribution is 5.20. The maximum absolute atomic E-state index is 5.27. The maximum Gasteiger partial charge on any atom is 0.243 e. The third kappa shape index (κ3) is 2.75. The molecule has 1 heterocycles. The molecule has 4 nitrogen and oxygen atoms in total. The van der Waals surface area contributed by atoms with Crippen molar-refractivity contribution in [2.45, 2.75) is 45.2 Å². The van der Waals surface area contributed by atoms with Crippen LogP contribution in [-0.2, 0) is 0 Å². The van der Waals surface area contributed by atoms with Crippen molar-refractivity contribution in [1.82, 2.24) is 15.5 Å². The van der Waals surface area contributed by atoms with Crippen molar-refractivity contribution in [2.75, 3.05) is 0 Å². The van der Waals surface area contributed by atoms with Gasteiger partial charge >= 0.3 is 0 Å². The van der Waals surface area contributed by atoms with Crippen LogP contribution in [0.4, 0.5) is 0 Å². The Kier molecular flexibility index (Phi) is 3.83. The minimum Gasteiger partial charge on any atom is -0.338 e. The van der Waals surface area contributed by atoms with Gasteiger partial charge in [0.2, 0.25) is 5.89 Å². The summed E-state index contributed by atoms with van der Waals surface area (Å²) in [5.74, 6) is 2.07. The van der Waals surface area contributed by atoms with Crippen LogP contribution in [-0.4, -0.2) is 10.1 Å². The van der Waals surface area contributed by atoms with Gasteiger partial charge in [-0.2, -0.15) is 4.98 Å². The predicted molar refractivity (Wildman–Crippen MR) is 77.1 cm³/mol. The van der Waals surface area contributed by atoms with Crippen molar-refractivity contribution in [3.05, 3.63) is 47.6 Å². The van der Waals surface area contributed by atoms with E-state index in [1.807, 2.05) is 6.92 Å². The minimum atomic E-state index is 0.0713.